The molecule has 0 radical (unpaired) electrons. The van der Waals surface area contributed by atoms with Gasteiger partial charge in [-0.25, -0.2) is 9.18 Å². The maximum Gasteiger partial charge on any atom is 0.319 e. The van der Waals surface area contributed by atoms with Gasteiger partial charge in [0.15, 0.2) is 0 Å². The zero-order valence-electron chi connectivity index (χ0n) is 14.2. The van der Waals surface area contributed by atoms with Gasteiger partial charge in [-0.1, -0.05) is 12.1 Å². The fourth-order valence-electron chi connectivity index (χ4n) is 2.12. The highest BCUT2D eigenvalue weighted by Crippen LogP contribution is 2.23. The van der Waals surface area contributed by atoms with Gasteiger partial charge < -0.3 is 20.7 Å². The lowest BCUT2D eigenvalue weighted by Gasteiger charge is -2.14. The summed E-state index contributed by atoms with van der Waals surface area (Å²) in [6, 6.07) is 10.2. The summed E-state index contributed by atoms with van der Waals surface area (Å²) in [5.41, 5.74) is 0.645. The number of benzene rings is 2. The number of anilines is 2. The van der Waals surface area contributed by atoms with Gasteiger partial charge >= 0.3 is 6.03 Å². The Bertz CT molecular complexity index is 778. The van der Waals surface area contributed by atoms with E-state index in [0.717, 1.165) is 6.07 Å². The van der Waals surface area contributed by atoms with Gasteiger partial charge in [0.1, 0.15) is 11.6 Å². The maximum atomic E-state index is 14.0. The molecule has 7 heteroatoms. The van der Waals surface area contributed by atoms with Crippen molar-refractivity contribution in [2.24, 2.45) is 0 Å². The number of nitrogens with one attached hydrogen (secondary N) is 3. The van der Waals surface area contributed by atoms with Gasteiger partial charge in [-0.15, -0.1) is 0 Å². The molecule has 3 N–H and O–H groups in total. The molecule has 3 amide bonds. The van der Waals surface area contributed by atoms with Gasteiger partial charge in [0.25, 0.3) is 5.91 Å². The molecule has 0 spiro atoms. The molecule has 25 heavy (non-hydrogen) atoms. The first-order valence-corrected chi connectivity index (χ1v) is 7.72. The molecule has 0 aliphatic carbocycles. The van der Waals surface area contributed by atoms with Crippen LogP contribution in [0.4, 0.5) is 20.6 Å². The first-order chi connectivity index (χ1) is 11.9. The van der Waals surface area contributed by atoms with Crippen molar-refractivity contribution in [1.82, 2.24) is 5.32 Å². The number of para-hydroxylation sites is 2. The summed E-state index contributed by atoms with van der Waals surface area (Å²) in [7, 11) is 1.42. The van der Waals surface area contributed by atoms with E-state index in [1.54, 1.807) is 24.3 Å². The molecule has 2 rings (SSSR count). The van der Waals surface area contributed by atoms with Crippen LogP contribution in [0.25, 0.3) is 0 Å². The number of hydrogen-bond donors (Lipinski definition) is 3. The quantitative estimate of drug-likeness (QED) is 0.774. The minimum Gasteiger partial charge on any atom is -0.497 e. The SMILES string of the molecule is COc1ccc(C(=O)Nc2ccccc2NC(=O)NC(C)C)c(F)c1. The first kappa shape index (κ1) is 18.3. The van der Waals surface area contributed by atoms with E-state index in [-0.39, 0.29) is 11.6 Å². The molecule has 6 nitrogen and oxygen atoms in total. The standard InChI is InChI=1S/C18H20FN3O3/c1-11(2)20-18(24)22-16-7-5-4-6-15(16)21-17(23)13-9-8-12(25-3)10-14(13)19/h4-11H,1-3H3,(H,21,23)(H2,20,22,24). The Morgan fingerprint density at radius 2 is 1.68 bits per heavy atom. The van der Waals surface area contributed by atoms with Crippen LogP contribution in [-0.2, 0) is 0 Å². The molecule has 0 bridgehead atoms. The van der Waals surface area contributed by atoms with Crippen molar-refractivity contribution in [3.63, 3.8) is 0 Å². The molecule has 0 fully saturated rings. The third kappa shape index (κ3) is 4.94. The molecular weight excluding hydrogens is 325 g/mol. The summed E-state index contributed by atoms with van der Waals surface area (Å²) < 4.78 is 18.9. The van der Waals surface area contributed by atoms with Gasteiger partial charge in [-0.2, -0.15) is 0 Å². The predicted octanol–water partition coefficient (Wildman–Crippen LogP) is 3.62. The van der Waals surface area contributed by atoms with Crippen LogP contribution >= 0.6 is 0 Å². The normalized spacial score (nSPS) is 10.3. The van der Waals surface area contributed by atoms with Crippen LogP contribution in [0.1, 0.15) is 24.2 Å². The van der Waals surface area contributed by atoms with Crippen molar-refractivity contribution in [3.05, 3.63) is 53.8 Å². The predicted molar refractivity (Wildman–Crippen MR) is 94.6 cm³/mol. The fraction of sp³-hybridized carbons (Fsp3) is 0.222. The molecule has 0 aliphatic rings. The summed E-state index contributed by atoms with van der Waals surface area (Å²) in [4.78, 5) is 24.2. The number of carbonyl (C=O) groups excluding carboxylic acids is 2. The molecule has 2 aromatic carbocycles. The largest absolute Gasteiger partial charge is 0.497 e. The fourth-order valence-corrected chi connectivity index (χ4v) is 2.12. The van der Waals surface area contributed by atoms with Crippen molar-refractivity contribution in [1.29, 1.82) is 0 Å². The van der Waals surface area contributed by atoms with E-state index in [1.807, 2.05) is 13.8 Å². The summed E-state index contributed by atoms with van der Waals surface area (Å²) in [6.45, 7) is 3.67. The van der Waals surface area contributed by atoms with Crippen LogP contribution in [0.5, 0.6) is 5.75 Å². The Hall–Kier alpha value is -3.09. The van der Waals surface area contributed by atoms with Crippen LogP contribution in [0.2, 0.25) is 0 Å². The highest BCUT2D eigenvalue weighted by molar-refractivity contribution is 6.07. The van der Waals surface area contributed by atoms with Gasteiger partial charge in [0.05, 0.1) is 24.0 Å². The number of methoxy groups -OCH3 is 1. The number of urea groups is 1. The topological polar surface area (TPSA) is 79.5 Å². The van der Waals surface area contributed by atoms with Gasteiger partial charge in [0, 0.05) is 12.1 Å². The Morgan fingerprint density at radius 3 is 2.24 bits per heavy atom. The van der Waals surface area contributed by atoms with Crippen LogP contribution < -0.4 is 20.7 Å². The Kier molecular flexibility index (Phi) is 5.94. The lowest BCUT2D eigenvalue weighted by Crippen LogP contribution is -2.34. The molecule has 0 heterocycles. The van der Waals surface area contributed by atoms with E-state index in [4.69, 9.17) is 4.74 Å². The van der Waals surface area contributed by atoms with E-state index in [9.17, 15) is 14.0 Å². The average molecular weight is 345 g/mol. The zero-order chi connectivity index (χ0) is 18.4. The maximum absolute atomic E-state index is 14.0. The summed E-state index contributed by atoms with van der Waals surface area (Å²) >= 11 is 0. The molecule has 0 saturated heterocycles. The van der Waals surface area contributed by atoms with Crippen molar-refractivity contribution in [3.8, 4) is 5.75 Å². The van der Waals surface area contributed by atoms with E-state index in [1.165, 1.54) is 19.2 Å². The minimum absolute atomic E-state index is 0.0323. The van der Waals surface area contributed by atoms with Crippen molar-refractivity contribution < 1.29 is 18.7 Å². The zero-order valence-corrected chi connectivity index (χ0v) is 14.2. The highest BCUT2D eigenvalue weighted by atomic mass is 19.1. The molecule has 132 valence electrons. The lowest BCUT2D eigenvalue weighted by atomic mass is 10.1. The lowest BCUT2D eigenvalue weighted by molar-refractivity contribution is 0.102. The molecule has 0 aliphatic heterocycles. The number of halogens is 1. The number of hydrogen-bond acceptors (Lipinski definition) is 3. The van der Waals surface area contributed by atoms with Crippen molar-refractivity contribution >= 4 is 23.3 Å². The summed E-state index contributed by atoms with van der Waals surface area (Å²) in [6.07, 6.45) is 0. The Morgan fingerprint density at radius 1 is 1.04 bits per heavy atom. The summed E-state index contributed by atoms with van der Waals surface area (Å²) in [5.74, 6) is -1.00. The van der Waals surface area contributed by atoms with Crippen LogP contribution in [-0.4, -0.2) is 25.1 Å². The first-order valence-electron chi connectivity index (χ1n) is 7.72. The van der Waals surface area contributed by atoms with Gasteiger partial charge in [-0.3, -0.25) is 4.79 Å². The molecule has 0 unspecified atom stereocenters. The third-order valence-electron chi connectivity index (χ3n) is 3.26. The molecular formula is C18H20FN3O3. The van der Waals surface area contributed by atoms with Crippen LogP contribution in [0.3, 0.4) is 0 Å². The van der Waals surface area contributed by atoms with E-state index in [0.29, 0.717) is 17.1 Å². The van der Waals surface area contributed by atoms with Crippen LogP contribution in [0.15, 0.2) is 42.5 Å². The smallest absolute Gasteiger partial charge is 0.319 e. The molecule has 0 aromatic heterocycles. The molecule has 0 saturated carbocycles. The Labute approximate surface area is 145 Å². The second-order valence-corrected chi connectivity index (χ2v) is 5.60. The summed E-state index contributed by atoms with van der Waals surface area (Å²) in [5, 5.41) is 7.94. The van der Waals surface area contributed by atoms with E-state index in [2.05, 4.69) is 16.0 Å². The third-order valence-corrected chi connectivity index (χ3v) is 3.26. The monoisotopic (exact) mass is 345 g/mol. The second kappa shape index (κ2) is 8.14. The van der Waals surface area contributed by atoms with Gasteiger partial charge in [-0.05, 0) is 38.1 Å². The molecule has 0 atom stereocenters. The van der Waals surface area contributed by atoms with Crippen molar-refractivity contribution in [2.45, 2.75) is 19.9 Å². The minimum atomic E-state index is -0.695. The van der Waals surface area contributed by atoms with Crippen molar-refractivity contribution in [2.75, 3.05) is 17.7 Å². The van der Waals surface area contributed by atoms with E-state index >= 15 is 0 Å². The number of carbonyl (C=O) groups is 2. The van der Waals surface area contributed by atoms with Crippen LogP contribution in [0, 0.1) is 5.82 Å². The Balaban J connectivity index is 2.17. The second-order valence-electron chi connectivity index (χ2n) is 5.60. The van der Waals surface area contributed by atoms with E-state index < -0.39 is 17.8 Å². The van der Waals surface area contributed by atoms with Gasteiger partial charge in [0.2, 0.25) is 0 Å². The number of amides is 3. The molecule has 2 aromatic rings. The average Bonchev–Trinajstić information content (AvgIpc) is 2.55. The number of rotatable bonds is 5. The highest BCUT2D eigenvalue weighted by Gasteiger charge is 2.15. The number of ether oxygens (including phenoxy) is 1.